The Balaban J connectivity index is 2.33. The molecule has 11 heteroatoms. The molecule has 3 amide bonds. The second kappa shape index (κ2) is 11.6. The summed E-state index contributed by atoms with van der Waals surface area (Å²) in [5.41, 5.74) is 5.64. The molecule has 0 aromatic heterocycles. The number of nitrogens with zero attached hydrogens (tertiary/aromatic N) is 2. The Kier molecular flexibility index (Phi) is 9.34. The van der Waals surface area contributed by atoms with Crippen LogP contribution in [0.4, 0.5) is 20.2 Å². The van der Waals surface area contributed by atoms with Gasteiger partial charge in [-0.15, -0.1) is 0 Å². The smallest absolute Gasteiger partial charge is 0.387 e. The molecule has 190 valence electrons. The molecule has 1 aliphatic rings. The van der Waals surface area contributed by atoms with Crippen molar-refractivity contribution in [2.24, 2.45) is 17.1 Å². The zero-order chi connectivity index (χ0) is 25.6. The van der Waals surface area contributed by atoms with Crippen molar-refractivity contribution in [3.63, 3.8) is 0 Å². The van der Waals surface area contributed by atoms with Crippen molar-refractivity contribution in [3.05, 3.63) is 18.2 Å². The highest BCUT2D eigenvalue weighted by Gasteiger charge is 2.34. The second-order valence-electron chi connectivity index (χ2n) is 9.84. The van der Waals surface area contributed by atoms with Gasteiger partial charge in [0.05, 0.1) is 12.3 Å². The fourth-order valence-corrected chi connectivity index (χ4v) is 3.80. The molecule has 2 rings (SSSR count). The SMILES string of the molecule is CC(C)CN(CC(C)(C)C)[C@H](C(N)=O)C(=O)Nc1ccc(N2CCOCC2=O)c(OC(F)F)c1. The number of nitrogens with one attached hydrogen (secondary N) is 1. The standard InChI is InChI=1S/C23H34F2N4O5/c1-14(2)11-28(13-23(3,4)5)19(20(26)31)21(32)27-15-6-7-16(17(10-15)34-22(24)25)29-8-9-33-12-18(29)30/h6-7,10,14,19,22H,8-9,11-13H2,1-5H3,(H2,26,31)(H,27,32)/t19-/m1/s1. The summed E-state index contributed by atoms with van der Waals surface area (Å²) in [6.45, 7) is 7.86. The maximum Gasteiger partial charge on any atom is 0.387 e. The van der Waals surface area contributed by atoms with Gasteiger partial charge in [0.15, 0.2) is 11.8 Å². The third kappa shape index (κ3) is 7.91. The van der Waals surface area contributed by atoms with Crippen molar-refractivity contribution < 1.29 is 32.6 Å². The molecule has 1 saturated heterocycles. The molecule has 0 radical (unpaired) electrons. The number of alkyl halides is 2. The quantitative estimate of drug-likeness (QED) is 0.493. The minimum Gasteiger partial charge on any atom is -0.433 e. The number of hydrogen-bond donors (Lipinski definition) is 2. The molecule has 0 bridgehead atoms. The summed E-state index contributed by atoms with van der Waals surface area (Å²) in [5.74, 6) is -2.03. The van der Waals surface area contributed by atoms with Gasteiger partial charge < -0.3 is 25.4 Å². The lowest BCUT2D eigenvalue weighted by Gasteiger charge is -2.35. The number of rotatable bonds is 10. The molecular weight excluding hydrogens is 450 g/mol. The molecule has 34 heavy (non-hydrogen) atoms. The van der Waals surface area contributed by atoms with Crippen LogP contribution in [0.25, 0.3) is 0 Å². The molecule has 1 aliphatic heterocycles. The molecule has 1 fully saturated rings. The van der Waals surface area contributed by atoms with Gasteiger partial charge in [0.1, 0.15) is 6.61 Å². The number of hydrogen-bond acceptors (Lipinski definition) is 6. The second-order valence-corrected chi connectivity index (χ2v) is 9.84. The Bertz CT molecular complexity index is 889. The first kappa shape index (κ1) is 27.5. The van der Waals surface area contributed by atoms with Crippen LogP contribution in [0.1, 0.15) is 34.6 Å². The minimum atomic E-state index is -3.15. The van der Waals surface area contributed by atoms with E-state index in [1.54, 1.807) is 4.90 Å². The lowest BCUT2D eigenvalue weighted by atomic mass is 9.94. The number of carbonyl (C=O) groups excluding carboxylic acids is 3. The first-order valence-electron chi connectivity index (χ1n) is 11.1. The number of halogens is 2. The Labute approximate surface area is 198 Å². The average molecular weight is 485 g/mol. The first-order valence-corrected chi connectivity index (χ1v) is 11.1. The van der Waals surface area contributed by atoms with Crippen molar-refractivity contribution in [1.29, 1.82) is 0 Å². The highest BCUT2D eigenvalue weighted by Crippen LogP contribution is 2.34. The van der Waals surface area contributed by atoms with E-state index in [9.17, 15) is 23.2 Å². The van der Waals surface area contributed by atoms with Crippen molar-refractivity contribution in [2.45, 2.75) is 47.3 Å². The summed E-state index contributed by atoms with van der Waals surface area (Å²) >= 11 is 0. The topological polar surface area (TPSA) is 114 Å². The van der Waals surface area contributed by atoms with Gasteiger partial charge in [-0.05, 0) is 23.5 Å². The predicted molar refractivity (Wildman–Crippen MR) is 124 cm³/mol. The maximum atomic E-state index is 13.1. The van der Waals surface area contributed by atoms with E-state index < -0.39 is 30.4 Å². The molecule has 1 aromatic rings. The predicted octanol–water partition coefficient (Wildman–Crippen LogP) is 2.45. The van der Waals surface area contributed by atoms with Crippen LogP contribution in [0.2, 0.25) is 0 Å². The molecule has 1 aromatic carbocycles. The van der Waals surface area contributed by atoms with Crippen molar-refractivity contribution in [3.8, 4) is 5.75 Å². The van der Waals surface area contributed by atoms with E-state index in [0.29, 0.717) is 13.1 Å². The lowest BCUT2D eigenvalue weighted by Crippen LogP contribution is -2.55. The van der Waals surface area contributed by atoms with Gasteiger partial charge in [-0.3, -0.25) is 19.3 Å². The van der Waals surface area contributed by atoms with Crippen LogP contribution < -0.4 is 20.7 Å². The number of anilines is 2. The molecule has 0 spiro atoms. The van der Waals surface area contributed by atoms with Gasteiger partial charge >= 0.3 is 6.61 Å². The Morgan fingerprint density at radius 3 is 2.50 bits per heavy atom. The normalized spacial score (nSPS) is 15.7. The van der Waals surface area contributed by atoms with Crippen LogP contribution in [-0.2, 0) is 19.1 Å². The number of primary amides is 1. The fourth-order valence-electron chi connectivity index (χ4n) is 3.80. The van der Waals surface area contributed by atoms with Crippen LogP contribution in [0.5, 0.6) is 5.75 Å². The van der Waals surface area contributed by atoms with E-state index in [4.69, 9.17) is 10.5 Å². The molecule has 0 aliphatic carbocycles. The van der Waals surface area contributed by atoms with Gasteiger partial charge in [-0.25, -0.2) is 0 Å². The molecule has 1 atom stereocenters. The van der Waals surface area contributed by atoms with E-state index >= 15 is 0 Å². The van der Waals surface area contributed by atoms with Crippen LogP contribution in [0.3, 0.4) is 0 Å². The summed E-state index contributed by atoms with van der Waals surface area (Å²) in [6, 6.07) is 2.78. The summed E-state index contributed by atoms with van der Waals surface area (Å²) in [4.78, 5) is 40.6. The highest BCUT2D eigenvalue weighted by molar-refractivity contribution is 6.09. The zero-order valence-corrected chi connectivity index (χ0v) is 20.3. The van der Waals surface area contributed by atoms with Crippen molar-refractivity contribution in [2.75, 3.05) is 43.1 Å². The van der Waals surface area contributed by atoms with Crippen LogP contribution in [0.15, 0.2) is 18.2 Å². The summed E-state index contributed by atoms with van der Waals surface area (Å²) in [5, 5.41) is 2.58. The van der Waals surface area contributed by atoms with E-state index in [1.165, 1.54) is 23.1 Å². The van der Waals surface area contributed by atoms with Gasteiger partial charge in [0.2, 0.25) is 5.91 Å². The number of ether oxygens (including phenoxy) is 2. The monoisotopic (exact) mass is 484 g/mol. The molecule has 3 N–H and O–H groups in total. The Morgan fingerprint density at radius 1 is 1.29 bits per heavy atom. The van der Waals surface area contributed by atoms with Crippen molar-refractivity contribution >= 4 is 29.1 Å². The van der Waals surface area contributed by atoms with Crippen LogP contribution >= 0.6 is 0 Å². The maximum absolute atomic E-state index is 13.1. The van der Waals surface area contributed by atoms with Crippen LogP contribution in [0, 0.1) is 11.3 Å². The lowest BCUT2D eigenvalue weighted by molar-refractivity contribution is -0.133. The molecule has 0 saturated carbocycles. The molecular formula is C23H34F2N4O5. The zero-order valence-electron chi connectivity index (χ0n) is 20.3. The van der Waals surface area contributed by atoms with Gasteiger partial charge in [-0.1, -0.05) is 34.6 Å². The van der Waals surface area contributed by atoms with E-state index in [-0.39, 0.29) is 48.2 Å². The van der Waals surface area contributed by atoms with Crippen molar-refractivity contribution in [1.82, 2.24) is 4.90 Å². The molecule has 9 nitrogen and oxygen atoms in total. The third-order valence-corrected chi connectivity index (χ3v) is 4.88. The number of amides is 3. The van der Waals surface area contributed by atoms with E-state index in [2.05, 4.69) is 10.1 Å². The number of morpholine rings is 1. The first-order chi connectivity index (χ1) is 15.8. The Hall–Kier alpha value is -2.79. The van der Waals surface area contributed by atoms with Gasteiger partial charge in [-0.2, -0.15) is 8.78 Å². The summed E-state index contributed by atoms with van der Waals surface area (Å²) in [7, 11) is 0. The van der Waals surface area contributed by atoms with Crippen LogP contribution in [-0.4, -0.2) is 68.1 Å². The molecule has 1 heterocycles. The summed E-state index contributed by atoms with van der Waals surface area (Å²) in [6.07, 6.45) is 0. The average Bonchev–Trinajstić information content (AvgIpc) is 2.66. The number of nitrogens with two attached hydrogens (primary N) is 1. The fraction of sp³-hybridized carbons (Fsp3) is 0.609. The summed E-state index contributed by atoms with van der Waals surface area (Å²) < 4.78 is 35.8. The van der Waals surface area contributed by atoms with Gasteiger partial charge in [0.25, 0.3) is 11.8 Å². The highest BCUT2D eigenvalue weighted by atomic mass is 19.3. The largest absolute Gasteiger partial charge is 0.433 e. The molecule has 0 unspecified atom stereocenters. The van der Waals surface area contributed by atoms with E-state index in [1.807, 2.05) is 34.6 Å². The minimum absolute atomic E-state index is 0.122. The number of benzene rings is 1. The number of carbonyl (C=O) groups is 3. The van der Waals surface area contributed by atoms with E-state index in [0.717, 1.165) is 0 Å². The Morgan fingerprint density at radius 2 is 1.97 bits per heavy atom. The van der Waals surface area contributed by atoms with Gasteiger partial charge in [0, 0.05) is 31.4 Å². The third-order valence-electron chi connectivity index (χ3n) is 4.88.